The van der Waals surface area contributed by atoms with Gasteiger partial charge in [0.25, 0.3) is 0 Å². The molecule has 4 aromatic heterocycles. The van der Waals surface area contributed by atoms with E-state index in [2.05, 4.69) is 35.3 Å². The average Bonchev–Trinajstić information content (AvgIpc) is 3.43. The van der Waals surface area contributed by atoms with Crippen LogP contribution in [0.5, 0.6) is 0 Å². The molecule has 0 amide bonds. The quantitative estimate of drug-likeness (QED) is 0.468. The minimum atomic E-state index is 0.324. The Labute approximate surface area is 178 Å². The molecule has 148 valence electrons. The molecule has 0 aliphatic rings. The van der Waals surface area contributed by atoms with Gasteiger partial charge in [0.05, 0.1) is 18.2 Å². The van der Waals surface area contributed by atoms with E-state index in [4.69, 9.17) is 34.8 Å². The molecule has 0 saturated carbocycles. The van der Waals surface area contributed by atoms with E-state index in [1.807, 2.05) is 0 Å². The van der Waals surface area contributed by atoms with Gasteiger partial charge in [-0.15, -0.1) is 20.4 Å². The highest BCUT2D eigenvalue weighted by atomic mass is 35.5. The maximum Gasteiger partial charge on any atom is 0.170 e. The Kier molecular flexibility index (Phi) is 8.83. The Morgan fingerprint density at radius 3 is 1.86 bits per heavy atom. The minimum absolute atomic E-state index is 0.324. The molecule has 0 bridgehead atoms. The number of halogens is 3. The number of carbonyl (C=O) groups excluding carboxylic acids is 2. The molecule has 1 N–H and O–H groups in total. The number of nitrogens with one attached hydrogen (secondary N) is 1. The molecule has 0 radical (unpaired) electrons. The third kappa shape index (κ3) is 7.74. The number of aromatic amines is 1. The van der Waals surface area contributed by atoms with E-state index in [1.165, 1.54) is 18.9 Å². The number of aldehydes is 2. The van der Waals surface area contributed by atoms with Gasteiger partial charge in [0.15, 0.2) is 33.8 Å². The van der Waals surface area contributed by atoms with Crippen molar-refractivity contribution in [1.82, 2.24) is 39.9 Å². The third-order valence-corrected chi connectivity index (χ3v) is 3.46. The minimum Gasteiger partial charge on any atom is -0.342 e. The molecule has 4 rings (SSSR count). The van der Waals surface area contributed by atoms with Crippen LogP contribution in [0.15, 0.2) is 49.3 Å². The zero-order valence-corrected chi connectivity index (χ0v) is 16.6. The summed E-state index contributed by atoms with van der Waals surface area (Å²) >= 11 is 16.3. The second kappa shape index (κ2) is 11.6. The molecule has 29 heavy (non-hydrogen) atoms. The van der Waals surface area contributed by atoms with E-state index in [0.29, 0.717) is 45.2 Å². The van der Waals surface area contributed by atoms with Crippen molar-refractivity contribution in [2.45, 2.75) is 0 Å². The van der Waals surface area contributed by atoms with Crippen LogP contribution < -0.4 is 0 Å². The van der Waals surface area contributed by atoms with Crippen molar-refractivity contribution in [2.75, 3.05) is 0 Å². The van der Waals surface area contributed by atoms with E-state index >= 15 is 0 Å². The fourth-order valence-corrected chi connectivity index (χ4v) is 1.90. The van der Waals surface area contributed by atoms with Crippen molar-refractivity contribution in [3.05, 3.63) is 76.2 Å². The van der Waals surface area contributed by atoms with Crippen LogP contribution in [0, 0.1) is 0 Å². The van der Waals surface area contributed by atoms with Gasteiger partial charge in [-0.25, -0.2) is 9.97 Å². The predicted molar refractivity (Wildman–Crippen MR) is 106 cm³/mol. The van der Waals surface area contributed by atoms with Gasteiger partial charge in [-0.1, -0.05) is 34.8 Å². The Morgan fingerprint density at radius 1 is 0.862 bits per heavy atom. The highest BCUT2D eigenvalue weighted by Gasteiger charge is 2.01. The number of rotatable bonds is 3. The normalized spacial score (nSPS) is 9.48. The van der Waals surface area contributed by atoms with E-state index in [9.17, 15) is 9.59 Å². The van der Waals surface area contributed by atoms with Gasteiger partial charge in [0.1, 0.15) is 12.0 Å². The number of hydrogen-bond acceptors (Lipinski definition) is 8. The maximum atomic E-state index is 10.4. The molecule has 0 aliphatic heterocycles. The monoisotopic (exact) mass is 452 g/mol. The molecule has 0 unspecified atom stereocenters. The van der Waals surface area contributed by atoms with Gasteiger partial charge in [0.2, 0.25) is 0 Å². The van der Waals surface area contributed by atoms with E-state index in [0.717, 1.165) is 0 Å². The standard InChI is InChI=1S/C8H5ClN4O.C4H2Cl2N2.C4H4N2O/c9-7-1-2-8(12-11-7)13-3-6(4-14)10-5-13;5-3-1-2-4(6)8-7-3;7-2-4-1-5-3-6-4/h1-5H;1-2H;1-3H,(H,5,6). The second-order valence-electron chi connectivity index (χ2n) is 4.84. The van der Waals surface area contributed by atoms with E-state index in [1.54, 1.807) is 35.0 Å². The number of imidazole rings is 2. The summed E-state index contributed by atoms with van der Waals surface area (Å²) in [4.78, 5) is 30.2. The molecular weight excluding hydrogens is 443 g/mol. The molecule has 0 aliphatic carbocycles. The summed E-state index contributed by atoms with van der Waals surface area (Å²) in [6, 6.07) is 6.46. The molecule has 0 atom stereocenters. The average molecular weight is 454 g/mol. The van der Waals surface area contributed by atoms with Crippen molar-refractivity contribution in [3.8, 4) is 5.82 Å². The number of carbonyl (C=O) groups is 2. The molecule has 13 heteroatoms. The first kappa shape index (κ1) is 22.1. The summed E-state index contributed by atoms with van der Waals surface area (Å²) in [5.74, 6) is 0.565. The van der Waals surface area contributed by atoms with Crippen molar-refractivity contribution >= 4 is 47.4 Å². The number of nitrogens with zero attached hydrogens (tertiary/aromatic N) is 7. The van der Waals surface area contributed by atoms with Crippen LogP contribution >= 0.6 is 34.8 Å². The molecule has 0 saturated heterocycles. The Morgan fingerprint density at radius 2 is 1.48 bits per heavy atom. The van der Waals surface area contributed by atoms with E-state index < -0.39 is 0 Å². The van der Waals surface area contributed by atoms with Crippen LogP contribution in [0.2, 0.25) is 15.5 Å². The SMILES string of the molecule is Clc1ccc(Cl)nn1.O=Cc1cn(-c2ccc(Cl)nn2)cn1.O=Cc1cnc[nH]1. The smallest absolute Gasteiger partial charge is 0.170 e. The van der Waals surface area contributed by atoms with E-state index in [-0.39, 0.29) is 0 Å². The lowest BCUT2D eigenvalue weighted by Gasteiger charge is -1.97. The lowest BCUT2D eigenvalue weighted by Crippen LogP contribution is -1.95. The molecule has 10 nitrogen and oxygen atoms in total. The summed E-state index contributed by atoms with van der Waals surface area (Å²) in [6.45, 7) is 0. The Balaban J connectivity index is 0.000000170. The summed E-state index contributed by atoms with van der Waals surface area (Å²) in [7, 11) is 0. The fraction of sp³-hybridized carbons (Fsp3) is 0. The Hall–Kier alpha value is -3.21. The van der Waals surface area contributed by atoms with Gasteiger partial charge >= 0.3 is 0 Å². The highest BCUT2D eigenvalue weighted by Crippen LogP contribution is 2.07. The molecule has 4 heterocycles. The summed E-state index contributed by atoms with van der Waals surface area (Å²) in [6.07, 6.45) is 7.36. The number of H-pyrrole nitrogens is 1. The Bertz CT molecular complexity index is 1000. The predicted octanol–water partition coefficient (Wildman–Crippen LogP) is 3.13. The lowest BCUT2D eigenvalue weighted by molar-refractivity contribution is 0.111. The molecule has 0 aromatic carbocycles. The fourth-order valence-electron chi connectivity index (χ4n) is 1.60. The molecule has 0 spiro atoms. The molecular formula is C16H11Cl3N8O2. The van der Waals surface area contributed by atoms with Crippen LogP contribution in [0.1, 0.15) is 21.0 Å². The second-order valence-corrected chi connectivity index (χ2v) is 6.00. The first-order valence-corrected chi connectivity index (χ1v) is 8.72. The van der Waals surface area contributed by atoms with Gasteiger partial charge in [-0.05, 0) is 24.3 Å². The van der Waals surface area contributed by atoms with Crippen molar-refractivity contribution in [2.24, 2.45) is 0 Å². The van der Waals surface area contributed by atoms with Gasteiger partial charge in [0, 0.05) is 6.20 Å². The van der Waals surface area contributed by atoms with Crippen molar-refractivity contribution < 1.29 is 9.59 Å². The van der Waals surface area contributed by atoms with Crippen LogP contribution in [0.3, 0.4) is 0 Å². The number of hydrogen-bond donors (Lipinski definition) is 1. The van der Waals surface area contributed by atoms with Crippen LogP contribution in [-0.4, -0.2) is 52.5 Å². The molecule has 4 aromatic rings. The topological polar surface area (TPSA) is 132 Å². The van der Waals surface area contributed by atoms with Gasteiger partial charge in [-0.3, -0.25) is 14.2 Å². The van der Waals surface area contributed by atoms with Gasteiger partial charge in [-0.2, -0.15) is 0 Å². The summed E-state index contributed by atoms with van der Waals surface area (Å²) < 4.78 is 1.59. The first-order valence-electron chi connectivity index (χ1n) is 7.59. The maximum absolute atomic E-state index is 10.4. The van der Waals surface area contributed by atoms with Gasteiger partial charge < -0.3 is 4.98 Å². The summed E-state index contributed by atoms with van der Waals surface area (Å²) in [5.41, 5.74) is 0.863. The molecule has 0 fully saturated rings. The van der Waals surface area contributed by atoms with Crippen molar-refractivity contribution in [1.29, 1.82) is 0 Å². The summed E-state index contributed by atoms with van der Waals surface area (Å²) in [5, 5.41) is 15.5. The first-order chi connectivity index (χ1) is 14.0. The van der Waals surface area contributed by atoms with Crippen LogP contribution in [0.25, 0.3) is 5.82 Å². The number of aromatic nitrogens is 8. The highest BCUT2D eigenvalue weighted by molar-refractivity contribution is 6.31. The van der Waals surface area contributed by atoms with Crippen molar-refractivity contribution in [3.63, 3.8) is 0 Å². The third-order valence-electron chi connectivity index (χ3n) is 2.85. The largest absolute Gasteiger partial charge is 0.342 e. The lowest BCUT2D eigenvalue weighted by atomic mass is 10.5. The zero-order chi connectivity index (χ0) is 21.1. The van der Waals surface area contributed by atoms with Crippen LogP contribution in [0.4, 0.5) is 0 Å². The zero-order valence-electron chi connectivity index (χ0n) is 14.4. The van der Waals surface area contributed by atoms with Crippen LogP contribution in [-0.2, 0) is 0 Å².